The number of fused-ring (bicyclic) bond motifs is 3. The van der Waals surface area contributed by atoms with Crippen LogP contribution in [-0.2, 0) is 17.8 Å². The lowest BCUT2D eigenvalue weighted by molar-refractivity contribution is -0.116. The van der Waals surface area contributed by atoms with Crippen LogP contribution >= 0.6 is 11.3 Å². The van der Waals surface area contributed by atoms with Crippen LogP contribution in [0.5, 0.6) is 0 Å². The molecule has 1 amide bonds. The Morgan fingerprint density at radius 1 is 1.17 bits per heavy atom. The first kappa shape index (κ1) is 19.3. The first-order valence-electron chi connectivity index (χ1n) is 9.70. The highest BCUT2D eigenvalue weighted by Gasteiger charge is 2.17. The standard InChI is InChI=1S/C21H23N5O2S/c1-4-10-25-20(28)19-16(9-11-29-19)26-17(23-24-21(25)26)7-8-18(27)22-15-6-5-13(2)14(3)12-15/h5-6,9,11-12H,4,7-8,10H2,1-3H3,(H,22,27). The number of aromatic nitrogens is 4. The number of thiophene rings is 1. The van der Waals surface area contributed by atoms with E-state index in [-0.39, 0.29) is 17.9 Å². The number of anilines is 1. The number of rotatable bonds is 6. The maximum Gasteiger partial charge on any atom is 0.272 e. The zero-order valence-electron chi connectivity index (χ0n) is 16.7. The molecule has 8 heteroatoms. The van der Waals surface area contributed by atoms with Crippen molar-refractivity contribution in [2.24, 2.45) is 0 Å². The van der Waals surface area contributed by atoms with Gasteiger partial charge < -0.3 is 5.32 Å². The van der Waals surface area contributed by atoms with Gasteiger partial charge in [-0.05, 0) is 55.0 Å². The lowest BCUT2D eigenvalue weighted by Crippen LogP contribution is -2.22. The third kappa shape index (κ3) is 3.55. The van der Waals surface area contributed by atoms with E-state index in [2.05, 4.69) is 15.5 Å². The Kier molecular flexibility index (Phi) is 5.19. The number of amides is 1. The van der Waals surface area contributed by atoms with Crippen LogP contribution in [0, 0.1) is 13.8 Å². The molecule has 0 spiro atoms. The molecule has 7 nitrogen and oxygen atoms in total. The van der Waals surface area contributed by atoms with Gasteiger partial charge in [0.25, 0.3) is 5.56 Å². The van der Waals surface area contributed by atoms with Gasteiger partial charge in [0.1, 0.15) is 10.5 Å². The molecule has 3 aromatic heterocycles. The van der Waals surface area contributed by atoms with Crippen LogP contribution in [0.2, 0.25) is 0 Å². The molecule has 0 saturated heterocycles. The van der Waals surface area contributed by atoms with E-state index in [1.165, 1.54) is 16.9 Å². The van der Waals surface area contributed by atoms with Crippen molar-refractivity contribution in [3.8, 4) is 0 Å². The van der Waals surface area contributed by atoms with Crippen LogP contribution in [0.1, 0.15) is 36.7 Å². The van der Waals surface area contributed by atoms with Crippen molar-refractivity contribution in [3.63, 3.8) is 0 Å². The molecule has 0 radical (unpaired) electrons. The van der Waals surface area contributed by atoms with Gasteiger partial charge in [0.05, 0.1) is 5.52 Å². The number of aryl methyl sites for hydroxylation is 4. The van der Waals surface area contributed by atoms with Crippen LogP contribution in [0.15, 0.2) is 34.4 Å². The summed E-state index contributed by atoms with van der Waals surface area (Å²) in [6.45, 7) is 6.67. The van der Waals surface area contributed by atoms with Crippen molar-refractivity contribution in [1.29, 1.82) is 0 Å². The van der Waals surface area contributed by atoms with Gasteiger partial charge >= 0.3 is 0 Å². The van der Waals surface area contributed by atoms with E-state index >= 15 is 0 Å². The molecule has 150 valence electrons. The van der Waals surface area contributed by atoms with Crippen molar-refractivity contribution in [3.05, 3.63) is 57.0 Å². The Balaban J connectivity index is 1.61. The second-order valence-corrected chi connectivity index (χ2v) is 8.11. The molecule has 4 aromatic rings. The molecule has 0 aliphatic rings. The molecule has 0 aliphatic heterocycles. The lowest BCUT2D eigenvalue weighted by atomic mass is 10.1. The summed E-state index contributed by atoms with van der Waals surface area (Å²) in [5, 5.41) is 13.4. The van der Waals surface area contributed by atoms with Crippen molar-refractivity contribution >= 4 is 38.9 Å². The van der Waals surface area contributed by atoms with Crippen LogP contribution in [0.4, 0.5) is 5.69 Å². The molecule has 0 fully saturated rings. The van der Waals surface area contributed by atoms with Crippen LogP contribution in [-0.4, -0.2) is 25.1 Å². The van der Waals surface area contributed by atoms with Gasteiger partial charge in [0.15, 0.2) is 0 Å². The molecule has 0 aliphatic carbocycles. The van der Waals surface area contributed by atoms with Gasteiger partial charge in [-0.3, -0.25) is 18.6 Å². The summed E-state index contributed by atoms with van der Waals surface area (Å²) in [7, 11) is 0. The Labute approximate surface area is 172 Å². The van der Waals surface area contributed by atoms with Crippen LogP contribution < -0.4 is 10.9 Å². The first-order valence-corrected chi connectivity index (χ1v) is 10.6. The summed E-state index contributed by atoms with van der Waals surface area (Å²) in [4.78, 5) is 25.2. The van der Waals surface area contributed by atoms with Gasteiger partial charge in [-0.1, -0.05) is 13.0 Å². The number of hydrogen-bond acceptors (Lipinski definition) is 5. The van der Waals surface area contributed by atoms with Crippen molar-refractivity contribution < 1.29 is 4.79 Å². The Morgan fingerprint density at radius 3 is 2.76 bits per heavy atom. The summed E-state index contributed by atoms with van der Waals surface area (Å²) in [6.07, 6.45) is 1.55. The molecule has 0 bridgehead atoms. The maximum absolute atomic E-state index is 12.8. The number of benzene rings is 1. The van der Waals surface area contributed by atoms with E-state index in [4.69, 9.17) is 0 Å². The van der Waals surface area contributed by atoms with E-state index in [0.29, 0.717) is 29.3 Å². The Hall–Kier alpha value is -3.00. The fourth-order valence-electron chi connectivity index (χ4n) is 3.44. The molecule has 0 unspecified atom stereocenters. The first-order chi connectivity index (χ1) is 14.0. The quantitative estimate of drug-likeness (QED) is 0.526. The summed E-state index contributed by atoms with van der Waals surface area (Å²) in [5.74, 6) is 1.14. The summed E-state index contributed by atoms with van der Waals surface area (Å²) >= 11 is 1.42. The van der Waals surface area contributed by atoms with Crippen LogP contribution in [0.25, 0.3) is 16.0 Å². The number of nitrogens with one attached hydrogen (secondary N) is 1. The molecule has 0 atom stereocenters. The molecular formula is C21H23N5O2S. The molecule has 1 N–H and O–H groups in total. The molecule has 4 rings (SSSR count). The molecule has 3 heterocycles. The number of carbonyl (C=O) groups is 1. The summed E-state index contributed by atoms with van der Waals surface area (Å²) < 4.78 is 4.27. The summed E-state index contributed by atoms with van der Waals surface area (Å²) in [5.41, 5.74) is 3.89. The van der Waals surface area contributed by atoms with Gasteiger partial charge in [0, 0.05) is 25.1 Å². The zero-order chi connectivity index (χ0) is 20.5. The fraction of sp³-hybridized carbons (Fsp3) is 0.333. The Bertz CT molecular complexity index is 1270. The largest absolute Gasteiger partial charge is 0.326 e. The highest BCUT2D eigenvalue weighted by Crippen LogP contribution is 2.21. The van der Waals surface area contributed by atoms with Crippen molar-refractivity contribution in [2.45, 2.75) is 46.6 Å². The summed E-state index contributed by atoms with van der Waals surface area (Å²) in [6, 6.07) is 7.78. The zero-order valence-corrected chi connectivity index (χ0v) is 17.5. The predicted octanol–water partition coefficient (Wildman–Crippen LogP) is 3.70. The third-order valence-electron chi connectivity index (χ3n) is 5.09. The van der Waals surface area contributed by atoms with Crippen molar-refractivity contribution in [1.82, 2.24) is 19.2 Å². The fourth-order valence-corrected chi connectivity index (χ4v) is 4.26. The minimum Gasteiger partial charge on any atom is -0.326 e. The number of nitrogens with zero attached hydrogens (tertiary/aromatic N) is 4. The smallest absolute Gasteiger partial charge is 0.272 e. The van der Waals surface area contributed by atoms with E-state index in [1.54, 1.807) is 4.57 Å². The second kappa shape index (κ2) is 7.79. The van der Waals surface area contributed by atoms with E-state index < -0.39 is 0 Å². The topological polar surface area (TPSA) is 81.3 Å². The average molecular weight is 410 g/mol. The van der Waals surface area contributed by atoms with Gasteiger partial charge in [-0.25, -0.2) is 0 Å². The molecular weight excluding hydrogens is 386 g/mol. The normalized spacial score (nSPS) is 11.4. The third-order valence-corrected chi connectivity index (χ3v) is 5.98. The van der Waals surface area contributed by atoms with Gasteiger partial charge in [-0.15, -0.1) is 21.5 Å². The second-order valence-electron chi connectivity index (χ2n) is 7.19. The minimum atomic E-state index is -0.0755. The highest BCUT2D eigenvalue weighted by atomic mass is 32.1. The molecule has 1 aromatic carbocycles. The Morgan fingerprint density at radius 2 is 2.00 bits per heavy atom. The molecule has 0 saturated carbocycles. The number of hydrogen-bond donors (Lipinski definition) is 1. The van der Waals surface area contributed by atoms with Gasteiger partial charge in [-0.2, -0.15) is 0 Å². The van der Waals surface area contributed by atoms with E-state index in [9.17, 15) is 9.59 Å². The maximum atomic E-state index is 12.8. The minimum absolute atomic E-state index is 0.0317. The molecule has 29 heavy (non-hydrogen) atoms. The highest BCUT2D eigenvalue weighted by molar-refractivity contribution is 7.17. The predicted molar refractivity (Wildman–Crippen MR) is 116 cm³/mol. The van der Waals surface area contributed by atoms with E-state index in [0.717, 1.165) is 23.2 Å². The monoisotopic (exact) mass is 409 g/mol. The van der Waals surface area contributed by atoms with E-state index in [1.807, 2.05) is 54.8 Å². The van der Waals surface area contributed by atoms with Crippen LogP contribution in [0.3, 0.4) is 0 Å². The lowest BCUT2D eigenvalue weighted by Gasteiger charge is -2.09. The SMILES string of the molecule is CCCn1c(=O)c2sccc2n2c(CCC(=O)Nc3ccc(C)c(C)c3)nnc12. The average Bonchev–Trinajstić information content (AvgIpc) is 3.33. The number of carbonyl (C=O) groups excluding carboxylic acids is 1. The van der Waals surface area contributed by atoms with Gasteiger partial charge in [0.2, 0.25) is 11.7 Å². The van der Waals surface area contributed by atoms with Crippen molar-refractivity contribution in [2.75, 3.05) is 5.32 Å².